The van der Waals surface area contributed by atoms with Gasteiger partial charge < -0.3 is 10.2 Å². The van der Waals surface area contributed by atoms with E-state index >= 15 is 0 Å². The first-order chi connectivity index (χ1) is 8.38. The van der Waals surface area contributed by atoms with E-state index in [0.717, 1.165) is 0 Å². The molecule has 0 fully saturated rings. The van der Waals surface area contributed by atoms with Crippen LogP contribution in [0.1, 0.15) is 53.9 Å². The molecule has 0 aromatic carbocycles. The van der Waals surface area contributed by atoms with Crippen molar-refractivity contribution in [2.75, 3.05) is 0 Å². The second-order valence-electron chi connectivity index (χ2n) is 6.33. The summed E-state index contributed by atoms with van der Waals surface area (Å²) >= 11 is 0. The van der Waals surface area contributed by atoms with Gasteiger partial charge in [0.1, 0.15) is 6.10 Å². The van der Waals surface area contributed by atoms with Gasteiger partial charge in [0.2, 0.25) is 0 Å². The first-order valence-electron chi connectivity index (χ1n) is 6.85. The Bertz CT molecular complexity index is 262. The van der Waals surface area contributed by atoms with Crippen molar-refractivity contribution in [1.29, 1.82) is 0 Å². The van der Waals surface area contributed by atoms with Crippen LogP contribution >= 0.6 is 0 Å². The third kappa shape index (κ3) is 6.61. The van der Waals surface area contributed by atoms with E-state index in [2.05, 4.69) is 0 Å². The van der Waals surface area contributed by atoms with Crippen molar-refractivity contribution in [1.82, 2.24) is 0 Å². The molecule has 0 aliphatic rings. The fourth-order valence-electron chi connectivity index (χ4n) is 2.12. The van der Waals surface area contributed by atoms with Crippen LogP contribution in [0.15, 0.2) is 0 Å². The fourth-order valence-corrected chi connectivity index (χ4v) is 2.12. The van der Waals surface area contributed by atoms with Gasteiger partial charge >= 0.3 is 6.18 Å². The van der Waals surface area contributed by atoms with Crippen molar-refractivity contribution in [3.05, 3.63) is 0 Å². The van der Waals surface area contributed by atoms with Crippen LogP contribution in [-0.4, -0.2) is 28.1 Å². The van der Waals surface area contributed by atoms with Gasteiger partial charge in [-0.15, -0.1) is 0 Å². The van der Waals surface area contributed by atoms with Crippen LogP contribution in [0.3, 0.4) is 0 Å². The minimum Gasteiger partial charge on any atom is -0.390 e. The molecule has 0 aliphatic carbocycles. The summed E-state index contributed by atoms with van der Waals surface area (Å²) < 4.78 is 36.7. The highest BCUT2D eigenvalue weighted by Gasteiger charge is 2.39. The molecule has 116 valence electrons. The van der Waals surface area contributed by atoms with Gasteiger partial charge in [-0.1, -0.05) is 27.7 Å². The molecule has 0 saturated heterocycles. The molecule has 0 bridgehead atoms. The van der Waals surface area contributed by atoms with Gasteiger partial charge in [0.25, 0.3) is 0 Å². The topological polar surface area (TPSA) is 40.5 Å². The smallest absolute Gasteiger partial charge is 0.390 e. The molecule has 5 heteroatoms. The second-order valence-corrected chi connectivity index (χ2v) is 6.33. The van der Waals surface area contributed by atoms with Gasteiger partial charge in [0.05, 0.1) is 5.60 Å². The van der Waals surface area contributed by atoms with Gasteiger partial charge in [-0.25, -0.2) is 0 Å². The maximum absolute atomic E-state index is 12.2. The Morgan fingerprint density at radius 2 is 1.53 bits per heavy atom. The predicted octanol–water partition coefficient (Wildman–Crippen LogP) is 3.76. The van der Waals surface area contributed by atoms with E-state index in [1.807, 2.05) is 20.8 Å². The summed E-state index contributed by atoms with van der Waals surface area (Å²) in [6, 6.07) is 0. The summed E-state index contributed by atoms with van der Waals surface area (Å²) in [6.07, 6.45) is -6.22. The molecular formula is C14H27F3O2. The Hall–Kier alpha value is -0.290. The standard InChI is InChI=1S/C14H27F3O2/c1-9(2)11(4)13(5,19)7-6-10(3)8-12(18)14(15,16)17/h9-12,18-19H,6-8H2,1-5H3/t10?,11-,12+,13?/m1/s1. The summed E-state index contributed by atoms with van der Waals surface area (Å²) in [7, 11) is 0. The zero-order chi connectivity index (χ0) is 15.4. The fraction of sp³-hybridized carbons (Fsp3) is 1.00. The summed E-state index contributed by atoms with van der Waals surface area (Å²) in [6.45, 7) is 9.36. The minimum absolute atomic E-state index is 0.0761. The van der Waals surface area contributed by atoms with E-state index in [9.17, 15) is 18.3 Å². The van der Waals surface area contributed by atoms with Crippen LogP contribution in [0.4, 0.5) is 13.2 Å². The molecule has 0 radical (unpaired) electrons. The molecular weight excluding hydrogens is 257 g/mol. The lowest BCUT2D eigenvalue weighted by atomic mass is 9.78. The third-order valence-electron chi connectivity index (χ3n) is 4.13. The molecule has 0 aliphatic heterocycles. The number of alkyl halides is 3. The van der Waals surface area contributed by atoms with E-state index in [4.69, 9.17) is 5.11 Å². The van der Waals surface area contributed by atoms with Gasteiger partial charge in [-0.05, 0) is 43.9 Å². The van der Waals surface area contributed by atoms with E-state index < -0.39 is 17.9 Å². The molecule has 2 N–H and O–H groups in total. The Morgan fingerprint density at radius 1 is 1.05 bits per heavy atom. The first-order valence-corrected chi connectivity index (χ1v) is 6.85. The zero-order valence-corrected chi connectivity index (χ0v) is 12.5. The van der Waals surface area contributed by atoms with Gasteiger partial charge in [-0.2, -0.15) is 13.2 Å². The lowest BCUT2D eigenvalue weighted by Crippen LogP contribution is -2.36. The number of aliphatic hydroxyl groups excluding tert-OH is 1. The van der Waals surface area contributed by atoms with Crippen molar-refractivity contribution < 1.29 is 23.4 Å². The van der Waals surface area contributed by atoms with E-state index in [-0.39, 0.29) is 18.3 Å². The molecule has 0 aromatic rings. The zero-order valence-electron chi connectivity index (χ0n) is 12.5. The Kier molecular flexibility index (Phi) is 6.83. The summed E-state index contributed by atoms with van der Waals surface area (Å²) in [4.78, 5) is 0. The minimum atomic E-state index is -4.55. The highest BCUT2D eigenvalue weighted by Crippen LogP contribution is 2.32. The third-order valence-corrected chi connectivity index (χ3v) is 4.13. The molecule has 2 unspecified atom stereocenters. The number of hydrogen-bond acceptors (Lipinski definition) is 2. The average Bonchev–Trinajstić information content (AvgIpc) is 2.24. The predicted molar refractivity (Wildman–Crippen MR) is 69.7 cm³/mol. The lowest BCUT2D eigenvalue weighted by molar-refractivity contribution is -0.208. The SMILES string of the molecule is CC(CCC(C)(O)[C@H](C)C(C)C)C[C@H](O)C(F)(F)F. The van der Waals surface area contributed by atoms with Crippen molar-refractivity contribution in [2.45, 2.75) is 71.8 Å². The average molecular weight is 284 g/mol. The van der Waals surface area contributed by atoms with Crippen LogP contribution in [0.2, 0.25) is 0 Å². The van der Waals surface area contributed by atoms with Crippen LogP contribution in [-0.2, 0) is 0 Å². The number of aliphatic hydroxyl groups is 2. The van der Waals surface area contributed by atoms with E-state index in [1.165, 1.54) is 0 Å². The molecule has 4 atom stereocenters. The number of halogens is 3. The molecule has 19 heavy (non-hydrogen) atoms. The second kappa shape index (κ2) is 6.93. The Morgan fingerprint density at radius 3 is 1.89 bits per heavy atom. The van der Waals surface area contributed by atoms with E-state index in [0.29, 0.717) is 18.8 Å². The quantitative estimate of drug-likeness (QED) is 0.747. The first kappa shape index (κ1) is 18.7. The van der Waals surface area contributed by atoms with Crippen molar-refractivity contribution in [3.8, 4) is 0 Å². The maximum atomic E-state index is 12.2. The number of rotatable bonds is 7. The maximum Gasteiger partial charge on any atom is 0.414 e. The largest absolute Gasteiger partial charge is 0.414 e. The molecule has 0 saturated carbocycles. The summed E-state index contributed by atoms with van der Waals surface area (Å²) in [5, 5.41) is 19.3. The van der Waals surface area contributed by atoms with Crippen LogP contribution in [0, 0.1) is 17.8 Å². The van der Waals surface area contributed by atoms with Gasteiger partial charge in [0, 0.05) is 0 Å². The molecule has 0 spiro atoms. The van der Waals surface area contributed by atoms with E-state index in [1.54, 1.807) is 13.8 Å². The summed E-state index contributed by atoms with van der Waals surface area (Å²) in [5.74, 6) is 0.112. The molecule has 0 amide bonds. The van der Waals surface area contributed by atoms with Crippen LogP contribution in [0.5, 0.6) is 0 Å². The van der Waals surface area contributed by atoms with Gasteiger partial charge in [0.15, 0.2) is 0 Å². The van der Waals surface area contributed by atoms with Crippen molar-refractivity contribution in [2.24, 2.45) is 17.8 Å². The molecule has 0 aromatic heterocycles. The number of hydrogen-bond donors (Lipinski definition) is 2. The molecule has 2 nitrogen and oxygen atoms in total. The molecule has 0 rings (SSSR count). The lowest BCUT2D eigenvalue weighted by Gasteiger charge is -2.34. The monoisotopic (exact) mass is 284 g/mol. The normalized spacial score (nSPS) is 21.0. The van der Waals surface area contributed by atoms with Crippen molar-refractivity contribution in [3.63, 3.8) is 0 Å². The Labute approximate surface area is 114 Å². The molecule has 0 heterocycles. The van der Waals surface area contributed by atoms with Gasteiger partial charge in [-0.3, -0.25) is 0 Å². The van der Waals surface area contributed by atoms with Crippen LogP contribution in [0.25, 0.3) is 0 Å². The van der Waals surface area contributed by atoms with Crippen LogP contribution < -0.4 is 0 Å². The van der Waals surface area contributed by atoms with Crippen molar-refractivity contribution >= 4 is 0 Å². The highest BCUT2D eigenvalue weighted by atomic mass is 19.4. The summed E-state index contributed by atoms with van der Waals surface area (Å²) in [5.41, 5.74) is -0.883. The highest BCUT2D eigenvalue weighted by molar-refractivity contribution is 4.82. The Balaban J connectivity index is 4.26.